The SMILES string of the molecule is CCC(=O)Nc1ccc2c(c1)C(=O)N(C)C[C@H](OC)[C@H](C)CN(C(=O)Cc1cccnc1)[C@H](C)CO2. The molecule has 1 aliphatic rings. The molecule has 0 fully saturated rings. The number of pyridine rings is 1. The van der Waals surface area contributed by atoms with Crippen LogP contribution in [-0.2, 0) is 20.7 Å². The van der Waals surface area contributed by atoms with E-state index in [2.05, 4.69) is 10.3 Å². The first-order chi connectivity index (χ1) is 17.2. The third-order valence-electron chi connectivity index (χ3n) is 6.45. The number of aromatic nitrogens is 1. The lowest BCUT2D eigenvalue weighted by atomic mass is 10.0. The monoisotopic (exact) mass is 496 g/mol. The fourth-order valence-electron chi connectivity index (χ4n) is 4.23. The number of ether oxygens (including phenoxy) is 2. The van der Waals surface area contributed by atoms with Gasteiger partial charge in [0.05, 0.1) is 24.1 Å². The lowest BCUT2D eigenvalue weighted by Gasteiger charge is -2.36. The van der Waals surface area contributed by atoms with Gasteiger partial charge in [0, 0.05) is 57.7 Å². The molecule has 0 spiro atoms. The molecule has 0 radical (unpaired) electrons. The average Bonchev–Trinajstić information content (AvgIpc) is 2.88. The molecule has 1 aliphatic heterocycles. The van der Waals surface area contributed by atoms with Crippen LogP contribution in [0.2, 0.25) is 0 Å². The van der Waals surface area contributed by atoms with E-state index in [4.69, 9.17) is 9.47 Å². The van der Waals surface area contributed by atoms with Gasteiger partial charge in [0.1, 0.15) is 12.4 Å². The highest BCUT2D eigenvalue weighted by Gasteiger charge is 2.30. The molecule has 9 heteroatoms. The van der Waals surface area contributed by atoms with E-state index in [1.165, 1.54) is 0 Å². The highest BCUT2D eigenvalue weighted by atomic mass is 16.5. The van der Waals surface area contributed by atoms with E-state index in [9.17, 15) is 14.4 Å². The Labute approximate surface area is 212 Å². The predicted molar refractivity (Wildman–Crippen MR) is 137 cm³/mol. The van der Waals surface area contributed by atoms with Gasteiger partial charge in [-0.2, -0.15) is 0 Å². The fourth-order valence-corrected chi connectivity index (χ4v) is 4.23. The molecule has 1 N–H and O–H groups in total. The fraction of sp³-hybridized carbons (Fsp3) is 0.481. The van der Waals surface area contributed by atoms with Gasteiger partial charge in [0.2, 0.25) is 11.8 Å². The number of methoxy groups -OCH3 is 1. The Hall–Kier alpha value is -3.46. The number of nitrogens with one attached hydrogen (secondary N) is 1. The first-order valence-electron chi connectivity index (χ1n) is 12.3. The van der Waals surface area contributed by atoms with Crippen LogP contribution in [-0.4, -0.2) is 78.5 Å². The molecule has 36 heavy (non-hydrogen) atoms. The van der Waals surface area contributed by atoms with E-state index in [0.29, 0.717) is 36.5 Å². The summed E-state index contributed by atoms with van der Waals surface area (Å²) >= 11 is 0. The van der Waals surface area contributed by atoms with Gasteiger partial charge in [0.15, 0.2) is 0 Å². The second kappa shape index (κ2) is 12.5. The van der Waals surface area contributed by atoms with Gasteiger partial charge in [-0.05, 0) is 36.8 Å². The molecule has 2 heterocycles. The number of benzene rings is 1. The van der Waals surface area contributed by atoms with Gasteiger partial charge in [-0.25, -0.2) is 0 Å². The van der Waals surface area contributed by atoms with Crippen LogP contribution < -0.4 is 10.1 Å². The summed E-state index contributed by atoms with van der Waals surface area (Å²) in [5.41, 5.74) is 1.71. The van der Waals surface area contributed by atoms with E-state index >= 15 is 0 Å². The molecule has 9 nitrogen and oxygen atoms in total. The zero-order valence-corrected chi connectivity index (χ0v) is 21.7. The molecule has 1 aromatic heterocycles. The van der Waals surface area contributed by atoms with Gasteiger partial charge in [-0.15, -0.1) is 0 Å². The van der Waals surface area contributed by atoms with E-state index in [-0.39, 0.29) is 48.8 Å². The number of hydrogen-bond acceptors (Lipinski definition) is 6. The van der Waals surface area contributed by atoms with Crippen LogP contribution in [0.15, 0.2) is 42.7 Å². The van der Waals surface area contributed by atoms with Crippen molar-refractivity contribution in [2.45, 2.75) is 45.8 Å². The van der Waals surface area contributed by atoms with Crippen molar-refractivity contribution in [2.24, 2.45) is 5.92 Å². The Balaban J connectivity index is 1.93. The molecular formula is C27H36N4O5. The third kappa shape index (κ3) is 6.81. The minimum Gasteiger partial charge on any atom is -0.491 e. The second-order valence-electron chi connectivity index (χ2n) is 9.29. The van der Waals surface area contributed by atoms with Crippen molar-refractivity contribution in [3.63, 3.8) is 0 Å². The van der Waals surface area contributed by atoms with Gasteiger partial charge in [-0.3, -0.25) is 19.4 Å². The maximum absolute atomic E-state index is 13.4. The first kappa shape index (κ1) is 27.1. The van der Waals surface area contributed by atoms with Crippen molar-refractivity contribution < 1.29 is 23.9 Å². The van der Waals surface area contributed by atoms with Crippen LogP contribution >= 0.6 is 0 Å². The molecule has 3 atom stereocenters. The Morgan fingerprint density at radius 2 is 2.00 bits per heavy atom. The molecule has 0 unspecified atom stereocenters. The number of fused-ring (bicyclic) bond motifs is 1. The van der Waals surface area contributed by atoms with Crippen LogP contribution in [0, 0.1) is 5.92 Å². The minimum absolute atomic E-state index is 0.0276. The molecule has 0 saturated carbocycles. The van der Waals surface area contributed by atoms with E-state index in [0.717, 1.165) is 5.56 Å². The second-order valence-corrected chi connectivity index (χ2v) is 9.29. The summed E-state index contributed by atoms with van der Waals surface area (Å²) in [5, 5.41) is 2.80. The van der Waals surface area contributed by atoms with Crippen molar-refractivity contribution >= 4 is 23.4 Å². The third-order valence-corrected chi connectivity index (χ3v) is 6.45. The lowest BCUT2D eigenvalue weighted by Crippen LogP contribution is -2.49. The Morgan fingerprint density at radius 1 is 1.22 bits per heavy atom. The van der Waals surface area contributed by atoms with Crippen molar-refractivity contribution in [2.75, 3.05) is 39.2 Å². The lowest BCUT2D eigenvalue weighted by molar-refractivity contribution is -0.134. The number of likely N-dealkylation sites (N-methyl/N-ethyl adjacent to an activating group) is 1. The van der Waals surface area contributed by atoms with Crippen molar-refractivity contribution in [3.8, 4) is 5.75 Å². The van der Waals surface area contributed by atoms with Crippen LogP contribution in [0.3, 0.4) is 0 Å². The molecule has 2 aromatic rings. The summed E-state index contributed by atoms with van der Waals surface area (Å²) in [7, 11) is 3.33. The van der Waals surface area contributed by atoms with Crippen molar-refractivity contribution in [1.82, 2.24) is 14.8 Å². The molecule has 0 saturated heterocycles. The highest BCUT2D eigenvalue weighted by Crippen LogP contribution is 2.26. The van der Waals surface area contributed by atoms with Crippen LogP contribution in [0.5, 0.6) is 5.75 Å². The quantitative estimate of drug-likeness (QED) is 0.683. The molecule has 3 rings (SSSR count). The highest BCUT2D eigenvalue weighted by molar-refractivity contribution is 5.99. The summed E-state index contributed by atoms with van der Waals surface area (Å²) in [5.74, 6) is -0.0470. The largest absolute Gasteiger partial charge is 0.491 e. The summed E-state index contributed by atoms with van der Waals surface area (Å²) in [6, 6.07) is 8.47. The summed E-state index contributed by atoms with van der Waals surface area (Å²) in [4.78, 5) is 46.2. The number of carbonyl (C=O) groups excluding carboxylic acids is 3. The normalized spacial score (nSPS) is 21.0. The number of nitrogens with zero attached hydrogens (tertiary/aromatic N) is 3. The number of carbonyl (C=O) groups is 3. The van der Waals surface area contributed by atoms with E-state index in [1.807, 2.05) is 30.9 Å². The molecule has 0 aliphatic carbocycles. The maximum Gasteiger partial charge on any atom is 0.257 e. The number of anilines is 1. The standard InChI is InChI=1S/C27H36N4O5/c1-6-25(32)29-21-9-10-23-22(13-21)27(34)30(4)16-24(35-5)18(2)15-31(19(3)17-36-23)26(33)12-20-8-7-11-28-14-20/h7-11,13-14,18-19,24H,6,12,15-17H2,1-5H3,(H,29,32)/t18-,19-,24+/m1/s1. The Kier molecular flexibility index (Phi) is 9.41. The van der Waals surface area contributed by atoms with Crippen LogP contribution in [0.1, 0.15) is 43.1 Å². The van der Waals surface area contributed by atoms with Crippen molar-refractivity contribution in [3.05, 3.63) is 53.9 Å². The molecule has 194 valence electrons. The van der Waals surface area contributed by atoms with E-state index in [1.54, 1.807) is 56.6 Å². The van der Waals surface area contributed by atoms with Gasteiger partial charge < -0.3 is 24.6 Å². The minimum atomic E-state index is -0.286. The summed E-state index contributed by atoms with van der Waals surface area (Å²) in [6.45, 7) is 6.71. The number of rotatable bonds is 5. The van der Waals surface area contributed by atoms with Crippen molar-refractivity contribution in [1.29, 1.82) is 0 Å². The number of amides is 3. The predicted octanol–water partition coefficient (Wildman–Crippen LogP) is 3.01. The van der Waals surface area contributed by atoms with Gasteiger partial charge >= 0.3 is 0 Å². The van der Waals surface area contributed by atoms with Gasteiger partial charge in [0.25, 0.3) is 5.91 Å². The molecule has 3 amide bonds. The number of hydrogen-bond donors (Lipinski definition) is 1. The smallest absolute Gasteiger partial charge is 0.257 e. The Bertz CT molecular complexity index is 1060. The molecular weight excluding hydrogens is 460 g/mol. The Morgan fingerprint density at radius 3 is 2.67 bits per heavy atom. The topological polar surface area (TPSA) is 101 Å². The summed E-state index contributed by atoms with van der Waals surface area (Å²) < 4.78 is 11.9. The zero-order chi connectivity index (χ0) is 26.2. The maximum atomic E-state index is 13.4. The van der Waals surface area contributed by atoms with E-state index < -0.39 is 0 Å². The van der Waals surface area contributed by atoms with Crippen LogP contribution in [0.4, 0.5) is 5.69 Å². The first-order valence-corrected chi connectivity index (χ1v) is 12.3. The zero-order valence-electron chi connectivity index (χ0n) is 21.7. The molecule has 1 aromatic carbocycles. The summed E-state index contributed by atoms with van der Waals surface area (Å²) in [6.07, 6.45) is 3.66. The molecule has 0 bridgehead atoms. The van der Waals surface area contributed by atoms with Gasteiger partial charge in [-0.1, -0.05) is 19.9 Å². The average molecular weight is 497 g/mol. The van der Waals surface area contributed by atoms with Crippen LogP contribution in [0.25, 0.3) is 0 Å².